The molecule has 0 spiro atoms. The van der Waals surface area contributed by atoms with Crippen LogP contribution in [-0.2, 0) is 5.75 Å². The molecule has 1 atom stereocenters. The minimum absolute atomic E-state index is 0.104. The molecule has 0 saturated carbocycles. The molecule has 2 heterocycles. The fourth-order valence-electron chi connectivity index (χ4n) is 3.40. The Morgan fingerprint density at radius 1 is 1.26 bits per heavy atom. The predicted molar refractivity (Wildman–Crippen MR) is 110 cm³/mol. The molecule has 138 valence electrons. The van der Waals surface area contributed by atoms with Crippen LogP contribution in [0.15, 0.2) is 64.5 Å². The van der Waals surface area contributed by atoms with Crippen LogP contribution < -0.4 is 0 Å². The first kappa shape index (κ1) is 18.3. The standard InChI is InChI=1S/C20H19BrN4OS/c21-17-4-1-3-16(11-17)18-5-2-10-25(18)19(26)15-8-6-14(7-9-15)12-27-20-22-13-23-24-20/h1,3-4,6-9,11,13,18H,2,5,10,12H2,(H,22,23,24). The smallest absolute Gasteiger partial charge is 0.254 e. The largest absolute Gasteiger partial charge is 0.332 e. The van der Waals surface area contributed by atoms with Crippen molar-refractivity contribution in [2.75, 3.05) is 6.54 Å². The van der Waals surface area contributed by atoms with E-state index >= 15 is 0 Å². The van der Waals surface area contributed by atoms with Crippen LogP contribution in [0.1, 0.15) is 40.4 Å². The molecule has 7 heteroatoms. The van der Waals surface area contributed by atoms with E-state index in [0.717, 1.165) is 45.9 Å². The molecular formula is C20H19BrN4OS. The van der Waals surface area contributed by atoms with Gasteiger partial charge in [-0.1, -0.05) is 52.0 Å². The molecule has 3 aromatic rings. The molecule has 1 aromatic heterocycles. The Balaban J connectivity index is 1.45. The van der Waals surface area contributed by atoms with Crippen molar-refractivity contribution in [1.82, 2.24) is 20.1 Å². The van der Waals surface area contributed by atoms with E-state index in [0.29, 0.717) is 0 Å². The lowest BCUT2D eigenvalue weighted by Gasteiger charge is -2.25. The summed E-state index contributed by atoms with van der Waals surface area (Å²) in [4.78, 5) is 19.2. The van der Waals surface area contributed by atoms with E-state index in [1.165, 1.54) is 11.9 Å². The lowest BCUT2D eigenvalue weighted by atomic mass is 10.0. The molecule has 1 aliphatic heterocycles. The Bertz CT molecular complexity index is 914. The molecule has 4 rings (SSSR count). The van der Waals surface area contributed by atoms with Crippen LogP contribution in [-0.4, -0.2) is 32.5 Å². The van der Waals surface area contributed by atoms with Gasteiger partial charge in [-0.15, -0.1) is 0 Å². The van der Waals surface area contributed by atoms with Gasteiger partial charge in [0.25, 0.3) is 5.91 Å². The quantitative estimate of drug-likeness (QED) is 0.574. The second kappa shape index (κ2) is 8.27. The summed E-state index contributed by atoms with van der Waals surface area (Å²) in [7, 11) is 0. The first-order valence-corrected chi connectivity index (χ1v) is 10.6. The van der Waals surface area contributed by atoms with Gasteiger partial charge >= 0.3 is 0 Å². The van der Waals surface area contributed by atoms with E-state index in [9.17, 15) is 4.79 Å². The Morgan fingerprint density at radius 3 is 2.85 bits per heavy atom. The topological polar surface area (TPSA) is 61.9 Å². The molecule has 1 amide bonds. The van der Waals surface area contributed by atoms with E-state index in [1.54, 1.807) is 11.8 Å². The third-order valence-corrected chi connectivity index (χ3v) is 6.16. The van der Waals surface area contributed by atoms with Crippen molar-refractivity contribution >= 4 is 33.6 Å². The van der Waals surface area contributed by atoms with Crippen molar-refractivity contribution in [2.24, 2.45) is 0 Å². The monoisotopic (exact) mass is 442 g/mol. The number of nitrogens with one attached hydrogen (secondary N) is 1. The summed E-state index contributed by atoms with van der Waals surface area (Å²) in [6, 6.07) is 16.3. The summed E-state index contributed by atoms with van der Waals surface area (Å²) < 4.78 is 1.05. The van der Waals surface area contributed by atoms with Crippen molar-refractivity contribution in [3.63, 3.8) is 0 Å². The summed E-state index contributed by atoms with van der Waals surface area (Å²) in [5.74, 6) is 0.889. The third kappa shape index (κ3) is 4.25. The van der Waals surface area contributed by atoms with E-state index in [2.05, 4.69) is 43.2 Å². The van der Waals surface area contributed by atoms with Crippen LogP contribution in [0.25, 0.3) is 0 Å². The number of hydrogen-bond donors (Lipinski definition) is 1. The molecule has 27 heavy (non-hydrogen) atoms. The number of likely N-dealkylation sites (tertiary alicyclic amines) is 1. The molecule has 0 aliphatic carbocycles. The van der Waals surface area contributed by atoms with E-state index in [4.69, 9.17) is 0 Å². The Morgan fingerprint density at radius 2 is 2.11 bits per heavy atom. The number of rotatable bonds is 5. The van der Waals surface area contributed by atoms with Gasteiger partial charge in [-0.25, -0.2) is 4.98 Å². The fraction of sp³-hybridized carbons (Fsp3) is 0.250. The summed E-state index contributed by atoms with van der Waals surface area (Å²) >= 11 is 5.12. The summed E-state index contributed by atoms with van der Waals surface area (Å²) in [6.45, 7) is 0.805. The van der Waals surface area contributed by atoms with Gasteiger partial charge in [0.15, 0.2) is 5.16 Å². The van der Waals surface area contributed by atoms with Gasteiger partial charge in [0.05, 0.1) is 6.04 Å². The molecular weight excluding hydrogens is 424 g/mol. The number of carbonyl (C=O) groups excluding carboxylic acids is 1. The summed E-state index contributed by atoms with van der Waals surface area (Å²) in [6.07, 6.45) is 3.55. The van der Waals surface area contributed by atoms with Gasteiger partial charge in [-0.3, -0.25) is 9.89 Å². The van der Waals surface area contributed by atoms with E-state index < -0.39 is 0 Å². The highest BCUT2D eigenvalue weighted by Crippen LogP contribution is 2.34. The van der Waals surface area contributed by atoms with Gasteiger partial charge in [0.2, 0.25) is 0 Å². The zero-order valence-corrected chi connectivity index (χ0v) is 17.0. The molecule has 1 unspecified atom stereocenters. The zero-order chi connectivity index (χ0) is 18.6. The molecule has 5 nitrogen and oxygen atoms in total. The summed E-state index contributed by atoms with van der Waals surface area (Å²) in [5, 5.41) is 7.47. The number of hydrogen-bond acceptors (Lipinski definition) is 4. The number of thioether (sulfide) groups is 1. The Kier molecular flexibility index (Phi) is 5.59. The molecule has 1 saturated heterocycles. The first-order valence-electron chi connectivity index (χ1n) is 8.84. The van der Waals surface area contributed by atoms with E-state index in [-0.39, 0.29) is 11.9 Å². The molecule has 2 aromatic carbocycles. The number of nitrogens with zero attached hydrogens (tertiary/aromatic N) is 3. The lowest BCUT2D eigenvalue weighted by Crippen LogP contribution is -2.30. The van der Waals surface area contributed by atoms with Crippen LogP contribution in [0.5, 0.6) is 0 Å². The Labute approximate surface area is 170 Å². The second-order valence-corrected chi connectivity index (χ2v) is 8.37. The van der Waals surface area contributed by atoms with Crippen LogP contribution in [0, 0.1) is 0 Å². The highest BCUT2D eigenvalue weighted by atomic mass is 79.9. The van der Waals surface area contributed by atoms with E-state index in [1.807, 2.05) is 41.3 Å². The maximum atomic E-state index is 13.1. The number of benzene rings is 2. The highest BCUT2D eigenvalue weighted by Gasteiger charge is 2.30. The van der Waals surface area contributed by atoms with Crippen molar-refractivity contribution < 1.29 is 4.79 Å². The Hall–Kier alpha value is -2.12. The molecule has 0 radical (unpaired) electrons. The molecule has 1 aliphatic rings. The zero-order valence-electron chi connectivity index (χ0n) is 14.6. The summed E-state index contributed by atoms with van der Waals surface area (Å²) in [5.41, 5.74) is 3.08. The van der Waals surface area contributed by atoms with Gasteiger partial charge in [0.1, 0.15) is 6.33 Å². The van der Waals surface area contributed by atoms with Gasteiger partial charge in [0, 0.05) is 22.3 Å². The number of carbonyl (C=O) groups is 1. The first-order chi connectivity index (χ1) is 13.2. The highest BCUT2D eigenvalue weighted by molar-refractivity contribution is 9.10. The normalized spacial score (nSPS) is 16.6. The minimum Gasteiger partial charge on any atom is -0.332 e. The van der Waals surface area contributed by atoms with Crippen molar-refractivity contribution in [3.05, 3.63) is 76.0 Å². The van der Waals surface area contributed by atoms with Crippen molar-refractivity contribution in [3.8, 4) is 0 Å². The maximum absolute atomic E-state index is 13.1. The van der Waals surface area contributed by atoms with Crippen molar-refractivity contribution in [2.45, 2.75) is 29.8 Å². The number of amides is 1. The molecule has 0 bridgehead atoms. The minimum atomic E-state index is 0.104. The third-order valence-electron chi connectivity index (χ3n) is 4.72. The SMILES string of the molecule is O=C(c1ccc(CSc2ncn[nH]2)cc1)N1CCCC1c1cccc(Br)c1. The number of halogens is 1. The van der Waals surface area contributed by atoms with Crippen LogP contribution in [0.3, 0.4) is 0 Å². The number of aromatic amines is 1. The van der Waals surface area contributed by atoms with Crippen LogP contribution >= 0.6 is 27.7 Å². The number of H-pyrrole nitrogens is 1. The lowest BCUT2D eigenvalue weighted by molar-refractivity contribution is 0.0735. The average Bonchev–Trinajstić information content (AvgIpc) is 3.38. The maximum Gasteiger partial charge on any atom is 0.254 e. The average molecular weight is 443 g/mol. The van der Waals surface area contributed by atoms with Gasteiger partial charge in [-0.05, 0) is 48.2 Å². The molecule has 1 N–H and O–H groups in total. The fourth-order valence-corrected chi connectivity index (χ4v) is 4.55. The number of aromatic nitrogens is 3. The van der Waals surface area contributed by atoms with Crippen molar-refractivity contribution in [1.29, 1.82) is 0 Å². The van der Waals surface area contributed by atoms with Gasteiger partial charge in [-0.2, -0.15) is 5.10 Å². The molecule has 1 fully saturated rings. The predicted octanol–water partition coefficient (Wildman–Crippen LogP) is 4.84. The van der Waals surface area contributed by atoms with Gasteiger partial charge < -0.3 is 4.90 Å². The van der Waals surface area contributed by atoms with Crippen LogP contribution in [0.4, 0.5) is 0 Å². The van der Waals surface area contributed by atoms with Crippen LogP contribution in [0.2, 0.25) is 0 Å². The second-order valence-electron chi connectivity index (χ2n) is 6.49.